The number of carbonyl (C=O) groups excluding carboxylic acids is 1. The number of ether oxygens (including phenoxy) is 1. The number of carbonyl (C=O) groups is 1. The van der Waals surface area contributed by atoms with Crippen molar-refractivity contribution >= 4 is 17.5 Å². The van der Waals surface area contributed by atoms with Crippen LogP contribution in [0.2, 0.25) is 5.02 Å². The standard InChI is InChI=1S/C15H19ClN2O3/c16-12-1-2-14-9(4-12)3-10(8-21-14)15(20)18-6-11-5-17-7-13(11)19/h1-2,4,10-11,13,17,19H,3,5-8H2,(H,18,20). The van der Waals surface area contributed by atoms with E-state index < -0.39 is 0 Å². The lowest BCUT2D eigenvalue weighted by atomic mass is 9.95. The zero-order chi connectivity index (χ0) is 14.8. The molecule has 6 heteroatoms. The molecule has 3 rings (SSSR count). The SMILES string of the molecule is O=C(NCC1CNCC1O)C1COc2ccc(Cl)cc2C1. The van der Waals surface area contributed by atoms with Crippen molar-refractivity contribution in [2.24, 2.45) is 11.8 Å². The average Bonchev–Trinajstić information content (AvgIpc) is 2.89. The molecule has 2 heterocycles. The third-order valence-electron chi connectivity index (χ3n) is 4.14. The molecule has 2 aliphatic heterocycles. The second kappa shape index (κ2) is 6.22. The first kappa shape index (κ1) is 14.6. The van der Waals surface area contributed by atoms with Gasteiger partial charge in [0.25, 0.3) is 0 Å². The van der Waals surface area contributed by atoms with E-state index in [9.17, 15) is 9.90 Å². The largest absolute Gasteiger partial charge is 0.492 e. The minimum Gasteiger partial charge on any atom is -0.492 e. The van der Waals surface area contributed by atoms with Crippen LogP contribution in [0.15, 0.2) is 18.2 Å². The molecule has 0 spiro atoms. The number of aliphatic hydroxyl groups excluding tert-OH is 1. The van der Waals surface area contributed by atoms with Crippen LogP contribution in [0.4, 0.5) is 0 Å². The van der Waals surface area contributed by atoms with Gasteiger partial charge in [-0.05, 0) is 30.2 Å². The molecule has 0 aliphatic carbocycles. The molecule has 2 aliphatic rings. The minimum absolute atomic E-state index is 0.0280. The predicted octanol–water partition coefficient (Wildman–Crippen LogP) is 0.588. The van der Waals surface area contributed by atoms with Gasteiger partial charge in [-0.25, -0.2) is 0 Å². The summed E-state index contributed by atoms with van der Waals surface area (Å²) in [5.41, 5.74) is 0.969. The number of hydrogen-bond donors (Lipinski definition) is 3. The fraction of sp³-hybridized carbons (Fsp3) is 0.533. The van der Waals surface area contributed by atoms with Crippen LogP contribution in [0.25, 0.3) is 0 Å². The van der Waals surface area contributed by atoms with E-state index in [0.29, 0.717) is 31.1 Å². The van der Waals surface area contributed by atoms with Gasteiger partial charge in [0, 0.05) is 30.6 Å². The third kappa shape index (κ3) is 3.31. The van der Waals surface area contributed by atoms with Crippen molar-refractivity contribution in [1.29, 1.82) is 0 Å². The molecule has 1 saturated heterocycles. The fourth-order valence-electron chi connectivity index (χ4n) is 2.84. The van der Waals surface area contributed by atoms with Crippen molar-refractivity contribution in [2.75, 3.05) is 26.2 Å². The number of aliphatic hydroxyl groups is 1. The molecule has 5 nitrogen and oxygen atoms in total. The molecule has 0 saturated carbocycles. The molecule has 1 amide bonds. The number of hydrogen-bond acceptors (Lipinski definition) is 4. The molecule has 3 N–H and O–H groups in total. The first-order valence-corrected chi connectivity index (χ1v) is 7.59. The van der Waals surface area contributed by atoms with Gasteiger partial charge in [0.05, 0.1) is 12.0 Å². The van der Waals surface area contributed by atoms with Crippen LogP contribution in [-0.2, 0) is 11.2 Å². The predicted molar refractivity (Wildman–Crippen MR) is 79.5 cm³/mol. The number of fused-ring (bicyclic) bond motifs is 1. The lowest BCUT2D eigenvalue weighted by Crippen LogP contribution is -2.41. The van der Waals surface area contributed by atoms with E-state index in [0.717, 1.165) is 17.9 Å². The van der Waals surface area contributed by atoms with Gasteiger partial charge >= 0.3 is 0 Å². The summed E-state index contributed by atoms with van der Waals surface area (Å²) in [6, 6.07) is 5.47. The Morgan fingerprint density at radius 1 is 1.48 bits per heavy atom. The van der Waals surface area contributed by atoms with Crippen molar-refractivity contribution in [1.82, 2.24) is 10.6 Å². The van der Waals surface area contributed by atoms with E-state index in [2.05, 4.69) is 10.6 Å². The summed E-state index contributed by atoms with van der Waals surface area (Å²) in [7, 11) is 0. The van der Waals surface area contributed by atoms with Crippen molar-refractivity contribution in [3.05, 3.63) is 28.8 Å². The topological polar surface area (TPSA) is 70.6 Å². The quantitative estimate of drug-likeness (QED) is 0.764. The molecular weight excluding hydrogens is 292 g/mol. The maximum atomic E-state index is 12.2. The smallest absolute Gasteiger partial charge is 0.226 e. The Kier molecular flexibility index (Phi) is 4.33. The number of nitrogens with one attached hydrogen (secondary N) is 2. The normalized spacial score (nSPS) is 27.8. The van der Waals surface area contributed by atoms with Gasteiger partial charge in [0.15, 0.2) is 0 Å². The van der Waals surface area contributed by atoms with Gasteiger partial charge < -0.3 is 20.5 Å². The number of benzene rings is 1. The molecule has 3 unspecified atom stereocenters. The maximum Gasteiger partial charge on any atom is 0.226 e. The number of amides is 1. The van der Waals surface area contributed by atoms with E-state index in [-0.39, 0.29) is 23.8 Å². The highest BCUT2D eigenvalue weighted by Gasteiger charge is 2.29. The van der Waals surface area contributed by atoms with Gasteiger partial charge in [-0.2, -0.15) is 0 Å². The lowest BCUT2D eigenvalue weighted by Gasteiger charge is -2.25. The van der Waals surface area contributed by atoms with E-state index in [1.54, 1.807) is 6.07 Å². The van der Waals surface area contributed by atoms with Crippen molar-refractivity contribution < 1.29 is 14.6 Å². The van der Waals surface area contributed by atoms with Gasteiger partial charge in [-0.3, -0.25) is 4.79 Å². The van der Waals surface area contributed by atoms with E-state index in [4.69, 9.17) is 16.3 Å². The van der Waals surface area contributed by atoms with Gasteiger partial charge in [-0.1, -0.05) is 11.6 Å². The Hall–Kier alpha value is -1.30. The zero-order valence-corrected chi connectivity index (χ0v) is 12.4. The van der Waals surface area contributed by atoms with Crippen LogP contribution in [0, 0.1) is 11.8 Å². The van der Waals surface area contributed by atoms with Crippen molar-refractivity contribution in [3.63, 3.8) is 0 Å². The minimum atomic E-state index is -0.382. The Balaban J connectivity index is 1.56. The summed E-state index contributed by atoms with van der Waals surface area (Å²) in [6.07, 6.45) is 0.250. The highest BCUT2D eigenvalue weighted by Crippen LogP contribution is 2.29. The molecule has 21 heavy (non-hydrogen) atoms. The first-order chi connectivity index (χ1) is 10.1. The van der Waals surface area contributed by atoms with Crippen molar-refractivity contribution in [3.8, 4) is 5.75 Å². The maximum absolute atomic E-state index is 12.2. The Bertz CT molecular complexity index is 538. The number of rotatable bonds is 3. The summed E-state index contributed by atoms with van der Waals surface area (Å²) in [5, 5.41) is 16.4. The summed E-state index contributed by atoms with van der Waals surface area (Å²) < 4.78 is 5.62. The van der Waals surface area contributed by atoms with Gasteiger partial charge in [0.2, 0.25) is 5.91 Å². The molecule has 1 aromatic carbocycles. The monoisotopic (exact) mass is 310 g/mol. The van der Waals surface area contributed by atoms with Crippen LogP contribution < -0.4 is 15.4 Å². The molecule has 0 radical (unpaired) electrons. The molecular formula is C15H19ClN2O3. The van der Waals surface area contributed by atoms with Crippen LogP contribution >= 0.6 is 11.6 Å². The number of halogens is 1. The van der Waals surface area contributed by atoms with Crippen molar-refractivity contribution in [2.45, 2.75) is 12.5 Å². The Morgan fingerprint density at radius 3 is 3.10 bits per heavy atom. The molecule has 114 valence electrons. The average molecular weight is 311 g/mol. The molecule has 0 aromatic heterocycles. The highest BCUT2D eigenvalue weighted by molar-refractivity contribution is 6.30. The Labute approximate surface area is 128 Å². The highest BCUT2D eigenvalue weighted by atomic mass is 35.5. The van der Waals surface area contributed by atoms with E-state index >= 15 is 0 Å². The van der Waals surface area contributed by atoms with Crippen LogP contribution in [0.3, 0.4) is 0 Å². The van der Waals surface area contributed by atoms with Crippen LogP contribution in [0.5, 0.6) is 5.75 Å². The lowest BCUT2D eigenvalue weighted by molar-refractivity contribution is -0.126. The summed E-state index contributed by atoms with van der Waals surface area (Å²) in [6.45, 7) is 2.21. The molecule has 0 bridgehead atoms. The molecule has 3 atom stereocenters. The van der Waals surface area contributed by atoms with Gasteiger partial charge in [0.1, 0.15) is 12.4 Å². The van der Waals surface area contributed by atoms with E-state index in [1.807, 2.05) is 12.1 Å². The number of β-amino-alcohol motifs (C(OH)–C–C–N with tert-alkyl or cyclic N) is 1. The summed E-state index contributed by atoms with van der Waals surface area (Å²) in [5.74, 6) is 0.654. The second-order valence-electron chi connectivity index (χ2n) is 5.69. The second-order valence-corrected chi connectivity index (χ2v) is 6.13. The van der Waals surface area contributed by atoms with Crippen LogP contribution in [-0.4, -0.2) is 43.4 Å². The zero-order valence-electron chi connectivity index (χ0n) is 11.6. The summed E-state index contributed by atoms with van der Waals surface area (Å²) in [4.78, 5) is 12.2. The fourth-order valence-corrected chi connectivity index (χ4v) is 3.03. The van der Waals surface area contributed by atoms with E-state index in [1.165, 1.54) is 0 Å². The Morgan fingerprint density at radius 2 is 2.33 bits per heavy atom. The van der Waals surface area contributed by atoms with Crippen LogP contribution in [0.1, 0.15) is 5.56 Å². The first-order valence-electron chi connectivity index (χ1n) is 7.21. The molecule has 1 aromatic rings. The molecule has 1 fully saturated rings. The summed E-state index contributed by atoms with van der Waals surface area (Å²) >= 11 is 5.98. The third-order valence-corrected chi connectivity index (χ3v) is 4.38. The van der Waals surface area contributed by atoms with Gasteiger partial charge in [-0.15, -0.1) is 0 Å².